The molecule has 1 aromatic heterocycles. The smallest absolute Gasteiger partial charge is 0.337 e. The van der Waals surface area contributed by atoms with E-state index in [-0.39, 0.29) is 11.7 Å². The highest BCUT2D eigenvalue weighted by Gasteiger charge is 2.09. The lowest BCUT2D eigenvalue weighted by Gasteiger charge is -2.09. The second kappa shape index (κ2) is 9.34. The van der Waals surface area contributed by atoms with E-state index in [0.717, 1.165) is 32.6 Å². The number of hydrogen-bond acceptors (Lipinski definition) is 6. The van der Waals surface area contributed by atoms with Crippen LogP contribution in [0.1, 0.15) is 27.2 Å². The normalized spacial score (nSPS) is 11.0. The SMILES string of the molecule is COC(=O)c1ccc(/C=N\NC(=O)CSc2cc(C)nc3c(C)cccc23)cc1. The van der Waals surface area contributed by atoms with Crippen LogP contribution < -0.4 is 5.43 Å². The molecule has 0 saturated carbocycles. The van der Waals surface area contributed by atoms with Gasteiger partial charge < -0.3 is 4.74 Å². The maximum absolute atomic E-state index is 12.2. The van der Waals surface area contributed by atoms with Gasteiger partial charge in [-0.15, -0.1) is 11.8 Å². The molecule has 0 aliphatic carbocycles. The van der Waals surface area contributed by atoms with Gasteiger partial charge in [-0.05, 0) is 43.2 Å². The number of esters is 1. The number of aromatic nitrogens is 1. The first-order valence-electron chi connectivity index (χ1n) is 8.98. The summed E-state index contributed by atoms with van der Waals surface area (Å²) in [5, 5.41) is 5.02. The van der Waals surface area contributed by atoms with Gasteiger partial charge in [-0.25, -0.2) is 10.2 Å². The van der Waals surface area contributed by atoms with Gasteiger partial charge >= 0.3 is 5.97 Å². The number of nitrogens with zero attached hydrogens (tertiary/aromatic N) is 2. The highest BCUT2D eigenvalue weighted by Crippen LogP contribution is 2.29. The summed E-state index contributed by atoms with van der Waals surface area (Å²) in [5.74, 6) is -0.355. The number of benzene rings is 2. The molecule has 2 aromatic carbocycles. The molecule has 7 heteroatoms. The molecule has 29 heavy (non-hydrogen) atoms. The molecule has 0 bridgehead atoms. The maximum Gasteiger partial charge on any atom is 0.337 e. The molecule has 1 heterocycles. The molecule has 3 aromatic rings. The summed E-state index contributed by atoms with van der Waals surface area (Å²) in [7, 11) is 1.34. The number of methoxy groups -OCH3 is 1. The number of carbonyl (C=O) groups is 2. The summed E-state index contributed by atoms with van der Waals surface area (Å²) in [6.07, 6.45) is 1.53. The van der Waals surface area contributed by atoms with Crippen LogP contribution in [0.3, 0.4) is 0 Å². The molecule has 3 rings (SSSR count). The van der Waals surface area contributed by atoms with Crippen LogP contribution in [0.2, 0.25) is 0 Å². The van der Waals surface area contributed by atoms with Crippen molar-refractivity contribution in [1.82, 2.24) is 10.4 Å². The number of pyridine rings is 1. The first-order chi connectivity index (χ1) is 14.0. The molecule has 0 unspecified atom stereocenters. The van der Waals surface area contributed by atoms with Crippen molar-refractivity contribution in [2.24, 2.45) is 5.10 Å². The second-order valence-corrected chi connectivity index (χ2v) is 7.45. The van der Waals surface area contributed by atoms with Gasteiger partial charge in [0.2, 0.25) is 5.91 Å². The van der Waals surface area contributed by atoms with Gasteiger partial charge in [0.05, 0.1) is 30.2 Å². The van der Waals surface area contributed by atoms with E-state index < -0.39 is 5.97 Å². The second-order valence-electron chi connectivity index (χ2n) is 6.43. The quantitative estimate of drug-likeness (QED) is 0.290. The molecule has 0 fully saturated rings. The van der Waals surface area contributed by atoms with Gasteiger partial charge in [0.15, 0.2) is 0 Å². The number of nitrogens with one attached hydrogen (secondary N) is 1. The fourth-order valence-electron chi connectivity index (χ4n) is 2.78. The molecular weight excluding hydrogens is 386 g/mol. The third-order valence-corrected chi connectivity index (χ3v) is 5.28. The van der Waals surface area contributed by atoms with Gasteiger partial charge in [0, 0.05) is 16.0 Å². The molecule has 0 spiro atoms. The van der Waals surface area contributed by atoms with E-state index in [1.165, 1.54) is 25.1 Å². The Hall–Kier alpha value is -3.19. The zero-order valence-corrected chi connectivity index (χ0v) is 17.2. The summed E-state index contributed by atoms with van der Waals surface area (Å²) in [6, 6.07) is 14.8. The molecule has 0 saturated heterocycles. The minimum atomic E-state index is -0.395. The molecule has 6 nitrogen and oxygen atoms in total. The van der Waals surface area contributed by atoms with Crippen molar-refractivity contribution < 1.29 is 14.3 Å². The Morgan fingerprint density at radius 3 is 2.66 bits per heavy atom. The van der Waals surface area contributed by atoms with Crippen molar-refractivity contribution in [2.75, 3.05) is 12.9 Å². The Morgan fingerprint density at radius 1 is 1.17 bits per heavy atom. The molecule has 0 aliphatic rings. The van der Waals surface area contributed by atoms with Crippen LogP contribution >= 0.6 is 11.8 Å². The number of rotatable bonds is 6. The third-order valence-electron chi connectivity index (χ3n) is 4.22. The van der Waals surface area contributed by atoms with Crippen LogP contribution in [0.5, 0.6) is 0 Å². The van der Waals surface area contributed by atoms with Crippen molar-refractivity contribution in [3.8, 4) is 0 Å². The minimum Gasteiger partial charge on any atom is -0.465 e. The molecule has 1 amide bonds. The topological polar surface area (TPSA) is 80.6 Å². The zero-order chi connectivity index (χ0) is 20.8. The van der Waals surface area contributed by atoms with Gasteiger partial charge in [-0.2, -0.15) is 5.10 Å². The third kappa shape index (κ3) is 5.20. The number of thioether (sulfide) groups is 1. The molecule has 1 N–H and O–H groups in total. The lowest BCUT2D eigenvalue weighted by molar-refractivity contribution is -0.118. The van der Waals surface area contributed by atoms with Gasteiger partial charge in [-0.1, -0.05) is 30.3 Å². The van der Waals surface area contributed by atoms with Crippen LogP contribution in [0.25, 0.3) is 10.9 Å². The Labute approximate surface area is 173 Å². The van der Waals surface area contributed by atoms with E-state index in [9.17, 15) is 9.59 Å². The van der Waals surface area contributed by atoms with Crippen molar-refractivity contribution in [1.29, 1.82) is 0 Å². The molecule has 0 radical (unpaired) electrons. The monoisotopic (exact) mass is 407 g/mol. The van der Waals surface area contributed by atoms with Crippen LogP contribution in [0.15, 0.2) is 58.5 Å². The molecule has 0 aliphatic heterocycles. The van der Waals surface area contributed by atoms with Crippen LogP contribution in [0, 0.1) is 13.8 Å². The van der Waals surface area contributed by atoms with Crippen molar-refractivity contribution >= 4 is 40.8 Å². The standard InChI is InChI=1S/C22H21N3O3S/c1-14-5-4-6-18-19(11-15(2)24-21(14)18)29-13-20(26)25-23-12-16-7-9-17(10-8-16)22(27)28-3/h4-12H,13H2,1-3H3,(H,25,26)/b23-12-. The lowest BCUT2D eigenvalue weighted by atomic mass is 10.1. The Kier molecular flexibility index (Phi) is 6.61. The predicted octanol–water partition coefficient (Wildman–Crippen LogP) is 3.88. The van der Waals surface area contributed by atoms with Gasteiger partial charge in [-0.3, -0.25) is 9.78 Å². The average molecular weight is 407 g/mol. The van der Waals surface area contributed by atoms with Crippen molar-refractivity contribution in [3.63, 3.8) is 0 Å². The fourth-order valence-corrected chi connectivity index (χ4v) is 3.70. The summed E-state index contributed by atoms with van der Waals surface area (Å²) < 4.78 is 4.66. The maximum atomic E-state index is 12.2. The summed E-state index contributed by atoms with van der Waals surface area (Å²) >= 11 is 1.46. The number of amides is 1. The van der Waals surface area contributed by atoms with Gasteiger partial charge in [0.25, 0.3) is 0 Å². The highest BCUT2D eigenvalue weighted by molar-refractivity contribution is 8.00. The van der Waals surface area contributed by atoms with E-state index in [4.69, 9.17) is 0 Å². The number of carbonyl (C=O) groups excluding carboxylic acids is 2. The summed E-state index contributed by atoms with van der Waals surface area (Å²) in [6.45, 7) is 3.98. The Balaban J connectivity index is 1.59. The predicted molar refractivity (Wildman–Crippen MR) is 115 cm³/mol. The van der Waals surface area contributed by atoms with Gasteiger partial charge in [0.1, 0.15) is 0 Å². The van der Waals surface area contributed by atoms with E-state index in [1.807, 2.05) is 38.1 Å². The summed E-state index contributed by atoms with van der Waals surface area (Å²) in [5.41, 5.74) is 6.74. The Bertz CT molecular complexity index is 1080. The van der Waals surface area contributed by atoms with Crippen molar-refractivity contribution in [3.05, 3.63) is 70.9 Å². The molecule has 0 atom stereocenters. The number of aryl methyl sites for hydroxylation is 2. The lowest BCUT2D eigenvalue weighted by Crippen LogP contribution is -2.19. The van der Waals surface area contributed by atoms with E-state index in [1.54, 1.807) is 24.3 Å². The number of fused-ring (bicyclic) bond motifs is 1. The first-order valence-corrected chi connectivity index (χ1v) is 9.96. The number of para-hydroxylation sites is 1. The fraction of sp³-hybridized carbons (Fsp3) is 0.182. The summed E-state index contributed by atoms with van der Waals surface area (Å²) in [4.78, 5) is 29.2. The van der Waals surface area contributed by atoms with E-state index >= 15 is 0 Å². The Morgan fingerprint density at radius 2 is 1.93 bits per heavy atom. The highest BCUT2D eigenvalue weighted by atomic mass is 32.2. The zero-order valence-electron chi connectivity index (χ0n) is 16.4. The molecular formula is C22H21N3O3S. The van der Waals surface area contributed by atoms with Crippen LogP contribution in [-0.4, -0.2) is 35.9 Å². The van der Waals surface area contributed by atoms with Crippen LogP contribution in [0.4, 0.5) is 0 Å². The van der Waals surface area contributed by atoms with E-state index in [0.29, 0.717) is 5.56 Å². The molecule has 148 valence electrons. The van der Waals surface area contributed by atoms with Crippen LogP contribution in [-0.2, 0) is 9.53 Å². The largest absolute Gasteiger partial charge is 0.465 e. The average Bonchev–Trinajstić information content (AvgIpc) is 2.72. The number of hydrogen-bond donors (Lipinski definition) is 1. The minimum absolute atomic E-state index is 0.201. The van der Waals surface area contributed by atoms with E-state index in [2.05, 4.69) is 20.2 Å². The first kappa shape index (κ1) is 20.5. The number of hydrazone groups is 1. The van der Waals surface area contributed by atoms with Crippen molar-refractivity contribution in [2.45, 2.75) is 18.7 Å². The number of ether oxygens (including phenoxy) is 1.